The summed E-state index contributed by atoms with van der Waals surface area (Å²) >= 11 is 0. The Morgan fingerprint density at radius 3 is 2.33 bits per heavy atom. The summed E-state index contributed by atoms with van der Waals surface area (Å²) in [7, 11) is 0. The maximum atomic E-state index is 14.2. The molecule has 0 fully saturated rings. The van der Waals surface area contributed by atoms with Crippen molar-refractivity contribution < 1.29 is 36.6 Å². The van der Waals surface area contributed by atoms with E-state index in [1.165, 1.54) is 24.4 Å². The smallest absolute Gasteiger partial charge is 0.408 e. The monoisotopic (exact) mass is 630 g/mol. The van der Waals surface area contributed by atoms with E-state index >= 15 is 0 Å². The van der Waals surface area contributed by atoms with E-state index in [1.54, 1.807) is 45.0 Å². The molecule has 45 heavy (non-hydrogen) atoms. The number of amides is 1. The van der Waals surface area contributed by atoms with E-state index in [4.69, 9.17) is 4.74 Å². The standard InChI is InChI=1S/C31H31F5N6O3/c1-29(2,3)45-28(43)39-24(15-18-13-19(32)16-20(33)14-18)25-22(9-8-21(38-25)10-11-30(4,5)44)23-7-6-12-42-26(23)40-41-27(42)37-17-31(34,35)36/h6-9,12-14,16,24,44H,15,17H2,1-5H3,(H,37,41)(H,39,43). The van der Waals surface area contributed by atoms with Gasteiger partial charge in [0.05, 0.1) is 11.7 Å². The van der Waals surface area contributed by atoms with Crippen molar-refractivity contribution in [2.75, 3.05) is 11.9 Å². The second-order valence-electron chi connectivity index (χ2n) is 11.7. The molecule has 1 amide bonds. The van der Waals surface area contributed by atoms with Gasteiger partial charge in [-0.1, -0.05) is 5.92 Å². The van der Waals surface area contributed by atoms with Gasteiger partial charge in [0.2, 0.25) is 5.95 Å². The molecule has 9 nitrogen and oxygen atoms in total. The number of carbonyl (C=O) groups excluding carboxylic acids is 1. The zero-order chi connectivity index (χ0) is 33.2. The minimum Gasteiger partial charge on any atom is -0.444 e. The summed E-state index contributed by atoms with van der Waals surface area (Å²) in [5, 5.41) is 23.0. The van der Waals surface area contributed by atoms with E-state index in [0.29, 0.717) is 17.2 Å². The molecule has 4 rings (SSSR count). The van der Waals surface area contributed by atoms with E-state index in [9.17, 15) is 31.9 Å². The van der Waals surface area contributed by atoms with Gasteiger partial charge in [-0.3, -0.25) is 4.40 Å². The number of ether oxygens (including phenoxy) is 1. The van der Waals surface area contributed by atoms with Crippen molar-refractivity contribution >= 4 is 17.7 Å². The summed E-state index contributed by atoms with van der Waals surface area (Å²) in [5.41, 5.74) is -0.795. The molecule has 0 bridgehead atoms. The molecule has 0 spiro atoms. The first-order chi connectivity index (χ1) is 20.9. The summed E-state index contributed by atoms with van der Waals surface area (Å²) in [6.07, 6.45) is -4.02. The molecule has 0 aliphatic rings. The van der Waals surface area contributed by atoms with Crippen LogP contribution in [-0.4, -0.2) is 54.7 Å². The van der Waals surface area contributed by atoms with Crippen molar-refractivity contribution in [3.05, 3.63) is 77.2 Å². The Kier molecular flexibility index (Phi) is 9.34. The van der Waals surface area contributed by atoms with Gasteiger partial charge in [0.1, 0.15) is 35.1 Å². The third-order valence-electron chi connectivity index (χ3n) is 5.98. The number of nitrogens with zero attached hydrogens (tertiary/aromatic N) is 4. The highest BCUT2D eigenvalue weighted by atomic mass is 19.4. The normalized spacial score (nSPS) is 12.8. The molecule has 4 aromatic rings. The Labute approximate surface area is 255 Å². The van der Waals surface area contributed by atoms with Crippen molar-refractivity contribution in [2.24, 2.45) is 0 Å². The number of rotatable bonds is 7. The van der Waals surface area contributed by atoms with Gasteiger partial charge in [-0.25, -0.2) is 18.6 Å². The number of alkyl carbamates (subject to hydrolysis) is 1. The molecule has 0 aliphatic heterocycles. The number of hydrogen-bond donors (Lipinski definition) is 3. The molecule has 0 saturated heterocycles. The van der Waals surface area contributed by atoms with Crippen LogP contribution in [0.25, 0.3) is 16.8 Å². The lowest BCUT2D eigenvalue weighted by Crippen LogP contribution is -2.36. The first-order valence-corrected chi connectivity index (χ1v) is 13.7. The minimum atomic E-state index is -4.50. The molecular formula is C31H31F5N6O3. The maximum absolute atomic E-state index is 14.2. The second kappa shape index (κ2) is 12.7. The third-order valence-corrected chi connectivity index (χ3v) is 5.98. The minimum absolute atomic E-state index is 0.148. The Bertz CT molecular complexity index is 1740. The van der Waals surface area contributed by atoms with Crippen LogP contribution in [0, 0.1) is 23.5 Å². The fraction of sp³-hybridized carbons (Fsp3) is 0.355. The van der Waals surface area contributed by atoms with Crippen molar-refractivity contribution in [1.29, 1.82) is 0 Å². The van der Waals surface area contributed by atoms with Gasteiger partial charge in [-0.15, -0.1) is 10.2 Å². The molecule has 3 aromatic heterocycles. The molecule has 14 heteroatoms. The highest BCUT2D eigenvalue weighted by molar-refractivity contribution is 5.80. The molecule has 0 aliphatic carbocycles. The van der Waals surface area contributed by atoms with Crippen LogP contribution in [0.1, 0.15) is 57.6 Å². The molecule has 238 valence electrons. The van der Waals surface area contributed by atoms with E-state index in [-0.39, 0.29) is 35.0 Å². The fourth-order valence-electron chi connectivity index (χ4n) is 4.31. The molecule has 0 saturated carbocycles. The molecule has 1 atom stereocenters. The number of carbonyl (C=O) groups is 1. The number of aromatic nitrogens is 4. The number of aliphatic hydroxyl groups is 1. The lowest BCUT2D eigenvalue weighted by Gasteiger charge is -2.25. The zero-order valence-corrected chi connectivity index (χ0v) is 25.1. The number of benzene rings is 1. The van der Waals surface area contributed by atoms with Gasteiger partial charge < -0.3 is 20.5 Å². The molecule has 0 radical (unpaired) electrons. The van der Waals surface area contributed by atoms with Crippen LogP contribution in [0.2, 0.25) is 0 Å². The topological polar surface area (TPSA) is 114 Å². The number of nitrogens with one attached hydrogen (secondary N) is 2. The highest BCUT2D eigenvalue weighted by Gasteiger charge is 2.29. The third kappa shape index (κ3) is 9.36. The summed E-state index contributed by atoms with van der Waals surface area (Å²) in [5.74, 6) is 3.63. The number of anilines is 1. The number of halogens is 5. The maximum Gasteiger partial charge on any atom is 0.408 e. The number of fused-ring (bicyclic) bond motifs is 1. The van der Waals surface area contributed by atoms with Crippen molar-refractivity contribution in [2.45, 2.75) is 64.5 Å². The Morgan fingerprint density at radius 2 is 1.71 bits per heavy atom. The SMILES string of the molecule is CC(C)(O)C#Cc1ccc(-c2cccn3c(NCC(F)(F)F)nnc23)c(C(Cc2cc(F)cc(F)c2)NC(=O)OC(C)(C)C)n1. The van der Waals surface area contributed by atoms with E-state index in [1.807, 2.05) is 0 Å². The molecular weight excluding hydrogens is 599 g/mol. The average molecular weight is 631 g/mol. The van der Waals surface area contributed by atoms with Crippen LogP contribution in [0.3, 0.4) is 0 Å². The van der Waals surface area contributed by atoms with Crippen LogP contribution in [0.5, 0.6) is 0 Å². The fourth-order valence-corrected chi connectivity index (χ4v) is 4.31. The van der Waals surface area contributed by atoms with Crippen LogP contribution < -0.4 is 10.6 Å². The molecule has 1 aromatic carbocycles. The summed E-state index contributed by atoms with van der Waals surface area (Å²) < 4.78 is 73.9. The number of pyridine rings is 2. The summed E-state index contributed by atoms with van der Waals surface area (Å²) in [6, 6.07) is 8.23. The number of hydrogen-bond acceptors (Lipinski definition) is 7. The summed E-state index contributed by atoms with van der Waals surface area (Å²) in [6.45, 7) is 6.61. The lowest BCUT2D eigenvalue weighted by atomic mass is 9.95. The van der Waals surface area contributed by atoms with Crippen LogP contribution in [-0.2, 0) is 11.2 Å². The van der Waals surface area contributed by atoms with E-state index in [2.05, 4.69) is 37.7 Å². The van der Waals surface area contributed by atoms with Crippen molar-refractivity contribution in [1.82, 2.24) is 24.9 Å². The second-order valence-corrected chi connectivity index (χ2v) is 11.7. The van der Waals surface area contributed by atoms with Crippen molar-refractivity contribution in [3.8, 4) is 23.0 Å². The van der Waals surface area contributed by atoms with Crippen LogP contribution >= 0.6 is 0 Å². The predicted octanol–water partition coefficient (Wildman–Crippen LogP) is 5.97. The van der Waals surface area contributed by atoms with Crippen LogP contribution in [0.4, 0.5) is 32.7 Å². The number of alkyl halides is 3. The quantitative estimate of drug-likeness (QED) is 0.170. The van der Waals surface area contributed by atoms with Gasteiger partial charge in [0.25, 0.3) is 0 Å². The first kappa shape index (κ1) is 33.1. The zero-order valence-electron chi connectivity index (χ0n) is 25.1. The average Bonchev–Trinajstić information content (AvgIpc) is 3.31. The van der Waals surface area contributed by atoms with Gasteiger partial charge >= 0.3 is 12.3 Å². The lowest BCUT2D eigenvalue weighted by molar-refractivity contribution is -0.115. The first-order valence-electron chi connectivity index (χ1n) is 13.7. The molecule has 1 unspecified atom stereocenters. The van der Waals surface area contributed by atoms with Gasteiger partial charge in [-0.2, -0.15) is 13.2 Å². The summed E-state index contributed by atoms with van der Waals surface area (Å²) in [4.78, 5) is 17.7. The molecule has 3 N–H and O–H groups in total. The highest BCUT2D eigenvalue weighted by Crippen LogP contribution is 2.33. The molecule has 3 heterocycles. The predicted molar refractivity (Wildman–Crippen MR) is 156 cm³/mol. The Hall–Kier alpha value is -4.77. The van der Waals surface area contributed by atoms with E-state index < -0.39 is 47.7 Å². The Balaban J connectivity index is 1.91. The Morgan fingerprint density at radius 1 is 1.02 bits per heavy atom. The van der Waals surface area contributed by atoms with Gasteiger partial charge in [-0.05, 0) is 88.9 Å². The van der Waals surface area contributed by atoms with Crippen molar-refractivity contribution in [3.63, 3.8) is 0 Å². The largest absolute Gasteiger partial charge is 0.444 e. The van der Waals surface area contributed by atoms with Gasteiger partial charge in [0.15, 0.2) is 5.65 Å². The van der Waals surface area contributed by atoms with Crippen LogP contribution in [0.15, 0.2) is 48.7 Å². The van der Waals surface area contributed by atoms with E-state index in [0.717, 1.165) is 12.1 Å². The van der Waals surface area contributed by atoms with Gasteiger partial charge in [0, 0.05) is 23.4 Å².